The Bertz CT molecular complexity index is 2560. The summed E-state index contributed by atoms with van der Waals surface area (Å²) in [5.41, 5.74) is 12.0. The maximum atomic E-state index is 6.37. The van der Waals surface area contributed by atoms with E-state index in [1.165, 1.54) is 104 Å². The molecule has 0 N–H and O–H groups in total. The average molecular weight is 825 g/mol. The van der Waals surface area contributed by atoms with Crippen molar-refractivity contribution in [3.63, 3.8) is 0 Å². The quantitative estimate of drug-likeness (QED) is 0.0812. The Labute approximate surface area is 370 Å². The summed E-state index contributed by atoms with van der Waals surface area (Å²) in [6.07, 6.45) is 9.98. The first-order chi connectivity index (χ1) is 30.1. The summed E-state index contributed by atoms with van der Waals surface area (Å²) in [5, 5.41) is 5.01. The Balaban J connectivity index is 1.28. The van der Waals surface area contributed by atoms with Crippen LogP contribution in [0.5, 0.6) is 11.5 Å². The van der Waals surface area contributed by atoms with Gasteiger partial charge < -0.3 is 18.6 Å². The van der Waals surface area contributed by atoms with E-state index >= 15 is 0 Å². The number of fused-ring (bicyclic) bond motifs is 6. The van der Waals surface area contributed by atoms with Gasteiger partial charge in [-0.25, -0.2) is 0 Å². The SMILES string of the molecule is COc1cc2c(cc1-c1cc3c4cc(-c5ccccc5)ccc4n(CCC(C)CCCC(C)C)c3cc1OC)c1cc(-c3ccccc3)ccc1n2CCC(C)CCCC(C)C. The maximum absolute atomic E-state index is 6.37. The molecule has 0 amide bonds. The van der Waals surface area contributed by atoms with Crippen molar-refractivity contribution in [1.82, 2.24) is 9.13 Å². The minimum absolute atomic E-state index is 0.652. The molecule has 0 saturated heterocycles. The van der Waals surface area contributed by atoms with Crippen LogP contribution in [0.3, 0.4) is 0 Å². The molecule has 2 atom stereocenters. The van der Waals surface area contributed by atoms with Crippen LogP contribution in [0.2, 0.25) is 0 Å². The standard InChI is InChI=1S/C58H68N2O2/c1-39(2)17-15-19-41(5)29-31-59-53-27-25-45(43-21-11-9-12-22-43)33-47(53)49-35-51(57(61-7)37-55(49)59)52-36-50-48-34-46(44-23-13-10-14-24-44)26-28-54(48)60(56(50)38-58(52)62-8)32-30-42(6)20-16-18-40(3)4/h9-14,21-28,33-42H,15-20,29-32H2,1-8H3. The van der Waals surface area contributed by atoms with Gasteiger partial charge in [-0.1, -0.05) is 153 Å². The molecule has 2 aromatic heterocycles. The van der Waals surface area contributed by atoms with E-state index < -0.39 is 0 Å². The second-order valence-corrected chi connectivity index (χ2v) is 19.1. The van der Waals surface area contributed by atoms with E-state index in [1.807, 2.05) is 14.2 Å². The lowest BCUT2D eigenvalue weighted by atomic mass is 9.96. The lowest BCUT2D eigenvalue weighted by molar-refractivity contribution is 0.409. The number of ether oxygens (including phenoxy) is 2. The molecule has 322 valence electrons. The first kappa shape index (κ1) is 43.2. The van der Waals surface area contributed by atoms with Crippen LogP contribution in [0.4, 0.5) is 0 Å². The van der Waals surface area contributed by atoms with E-state index in [-0.39, 0.29) is 0 Å². The van der Waals surface area contributed by atoms with Crippen molar-refractivity contribution in [2.45, 2.75) is 106 Å². The van der Waals surface area contributed by atoms with Crippen LogP contribution in [0.15, 0.2) is 121 Å². The van der Waals surface area contributed by atoms with Gasteiger partial charge in [0.05, 0.1) is 25.3 Å². The fourth-order valence-corrected chi connectivity index (χ4v) is 9.85. The van der Waals surface area contributed by atoms with E-state index in [4.69, 9.17) is 9.47 Å². The first-order valence-corrected chi connectivity index (χ1v) is 23.5. The van der Waals surface area contributed by atoms with E-state index in [9.17, 15) is 0 Å². The second-order valence-electron chi connectivity index (χ2n) is 19.1. The van der Waals surface area contributed by atoms with E-state index in [0.717, 1.165) is 60.4 Å². The van der Waals surface area contributed by atoms with Crippen molar-refractivity contribution in [3.05, 3.63) is 121 Å². The fourth-order valence-electron chi connectivity index (χ4n) is 9.85. The normalized spacial score (nSPS) is 13.0. The number of benzene rings is 6. The van der Waals surface area contributed by atoms with Crippen molar-refractivity contribution >= 4 is 43.6 Å². The summed E-state index contributed by atoms with van der Waals surface area (Å²) in [4.78, 5) is 0. The Hall–Kier alpha value is -5.48. The third kappa shape index (κ3) is 9.17. The van der Waals surface area contributed by atoms with Gasteiger partial charge in [-0.05, 0) is 95.2 Å². The third-order valence-electron chi connectivity index (χ3n) is 13.5. The van der Waals surface area contributed by atoms with E-state index in [0.29, 0.717) is 11.8 Å². The van der Waals surface area contributed by atoms with E-state index in [1.54, 1.807) is 0 Å². The Morgan fingerprint density at radius 1 is 0.387 bits per heavy atom. The molecular weight excluding hydrogens is 757 g/mol. The van der Waals surface area contributed by atoms with Crippen LogP contribution in [0.1, 0.15) is 92.9 Å². The lowest BCUT2D eigenvalue weighted by Gasteiger charge is -2.17. The van der Waals surface area contributed by atoms with Gasteiger partial charge in [0, 0.05) is 68.9 Å². The monoisotopic (exact) mass is 825 g/mol. The smallest absolute Gasteiger partial charge is 0.128 e. The molecule has 8 rings (SSSR count). The van der Waals surface area contributed by atoms with Gasteiger partial charge in [-0.3, -0.25) is 0 Å². The van der Waals surface area contributed by atoms with Gasteiger partial charge in [0.2, 0.25) is 0 Å². The topological polar surface area (TPSA) is 28.3 Å². The van der Waals surface area contributed by atoms with Crippen molar-refractivity contribution in [2.75, 3.05) is 14.2 Å². The van der Waals surface area contributed by atoms with Crippen LogP contribution >= 0.6 is 0 Å². The van der Waals surface area contributed by atoms with Gasteiger partial charge in [-0.15, -0.1) is 0 Å². The van der Waals surface area contributed by atoms with Crippen LogP contribution in [-0.4, -0.2) is 23.4 Å². The molecule has 2 heterocycles. The van der Waals surface area contributed by atoms with Crippen molar-refractivity contribution in [1.29, 1.82) is 0 Å². The number of aryl methyl sites for hydroxylation is 2. The summed E-state index contributed by atoms with van der Waals surface area (Å²) in [6, 6.07) is 44.9. The molecule has 0 aliphatic rings. The molecule has 0 aliphatic heterocycles. The maximum Gasteiger partial charge on any atom is 0.128 e. The highest BCUT2D eigenvalue weighted by atomic mass is 16.5. The molecule has 0 aliphatic carbocycles. The zero-order chi connectivity index (χ0) is 43.3. The summed E-state index contributed by atoms with van der Waals surface area (Å²) in [7, 11) is 3.63. The van der Waals surface area contributed by atoms with Gasteiger partial charge in [-0.2, -0.15) is 0 Å². The Kier molecular flexibility index (Phi) is 13.4. The summed E-state index contributed by atoms with van der Waals surface area (Å²) in [6.45, 7) is 16.1. The predicted molar refractivity (Wildman–Crippen MR) is 267 cm³/mol. The molecule has 8 aromatic rings. The second kappa shape index (κ2) is 19.3. The van der Waals surface area contributed by atoms with Crippen LogP contribution in [0.25, 0.3) is 77.0 Å². The molecule has 4 heteroatoms. The average Bonchev–Trinajstić information content (AvgIpc) is 3.76. The van der Waals surface area contributed by atoms with Crippen LogP contribution in [-0.2, 0) is 13.1 Å². The highest BCUT2D eigenvalue weighted by Gasteiger charge is 2.22. The van der Waals surface area contributed by atoms with Gasteiger partial charge in [0.15, 0.2) is 0 Å². The summed E-state index contributed by atoms with van der Waals surface area (Å²) < 4.78 is 17.8. The lowest BCUT2D eigenvalue weighted by Crippen LogP contribution is -2.05. The minimum atomic E-state index is 0.652. The molecule has 6 aromatic carbocycles. The zero-order valence-corrected chi connectivity index (χ0v) is 38.6. The molecule has 4 nitrogen and oxygen atoms in total. The molecule has 0 fully saturated rings. The first-order valence-electron chi connectivity index (χ1n) is 23.5. The van der Waals surface area contributed by atoms with Crippen molar-refractivity contribution in [3.8, 4) is 44.9 Å². The molecule has 62 heavy (non-hydrogen) atoms. The molecule has 0 radical (unpaired) electrons. The molecule has 2 unspecified atom stereocenters. The minimum Gasteiger partial charge on any atom is -0.496 e. The fraction of sp³-hybridized carbons (Fsp3) is 0.379. The Morgan fingerprint density at radius 3 is 1.15 bits per heavy atom. The third-order valence-corrected chi connectivity index (χ3v) is 13.5. The number of rotatable bonds is 19. The highest BCUT2D eigenvalue weighted by molar-refractivity contribution is 6.14. The van der Waals surface area contributed by atoms with Crippen molar-refractivity contribution in [2.24, 2.45) is 23.7 Å². The highest BCUT2D eigenvalue weighted by Crippen LogP contribution is 2.46. The molecular formula is C58H68N2O2. The molecule has 0 bridgehead atoms. The van der Waals surface area contributed by atoms with Crippen LogP contribution in [0, 0.1) is 23.7 Å². The van der Waals surface area contributed by atoms with Gasteiger partial charge in [0.25, 0.3) is 0 Å². The van der Waals surface area contributed by atoms with Crippen LogP contribution < -0.4 is 9.47 Å². The summed E-state index contributed by atoms with van der Waals surface area (Å²) >= 11 is 0. The summed E-state index contributed by atoms with van der Waals surface area (Å²) in [5.74, 6) is 4.53. The zero-order valence-electron chi connectivity index (χ0n) is 38.6. The van der Waals surface area contributed by atoms with E-state index in [2.05, 4.69) is 172 Å². The molecule has 0 spiro atoms. The van der Waals surface area contributed by atoms with Crippen molar-refractivity contribution < 1.29 is 9.47 Å². The number of methoxy groups -OCH3 is 2. The number of hydrogen-bond donors (Lipinski definition) is 0. The largest absolute Gasteiger partial charge is 0.496 e. The van der Waals surface area contributed by atoms with Gasteiger partial charge >= 0.3 is 0 Å². The predicted octanol–water partition coefficient (Wildman–Crippen LogP) is 16.6. The molecule has 0 saturated carbocycles. The number of aromatic nitrogens is 2. The van der Waals surface area contributed by atoms with Gasteiger partial charge in [0.1, 0.15) is 11.5 Å². The number of nitrogens with zero attached hydrogens (tertiary/aromatic N) is 2. The Morgan fingerprint density at radius 2 is 0.774 bits per heavy atom. The number of hydrogen-bond acceptors (Lipinski definition) is 2.